The molecule has 0 aliphatic carbocycles. The lowest BCUT2D eigenvalue weighted by molar-refractivity contribution is -0.146. The Morgan fingerprint density at radius 1 is 1.37 bits per heavy atom. The summed E-state index contributed by atoms with van der Waals surface area (Å²) in [5.41, 5.74) is 0.823. The van der Waals surface area contributed by atoms with Gasteiger partial charge in [0, 0.05) is 24.7 Å². The van der Waals surface area contributed by atoms with E-state index in [4.69, 9.17) is 9.84 Å². The molecule has 0 radical (unpaired) electrons. The van der Waals surface area contributed by atoms with E-state index in [9.17, 15) is 9.59 Å². The molecule has 1 aromatic rings. The fourth-order valence-corrected chi connectivity index (χ4v) is 1.43. The minimum Gasteiger partial charge on any atom is -0.481 e. The Kier molecular flexibility index (Phi) is 5.29. The van der Waals surface area contributed by atoms with E-state index < -0.39 is 17.8 Å². The van der Waals surface area contributed by atoms with Crippen LogP contribution >= 0.6 is 0 Å². The number of carbonyl (C=O) groups excluding carboxylic acids is 1. The number of carboxylic acids is 1. The molecule has 1 aromatic heterocycles. The molecule has 104 valence electrons. The number of nitrogens with one attached hydrogen (secondary N) is 1. The van der Waals surface area contributed by atoms with Crippen LogP contribution in [0, 0.1) is 11.8 Å². The number of nitrogens with zero attached hydrogens (tertiary/aromatic N) is 1. The second-order valence-corrected chi connectivity index (χ2v) is 4.34. The molecule has 0 spiro atoms. The molecule has 2 N–H and O–H groups in total. The first kappa shape index (κ1) is 14.9. The topological polar surface area (TPSA) is 88.5 Å². The maximum atomic E-state index is 11.8. The number of rotatable bonds is 6. The average molecular weight is 266 g/mol. The number of aromatic nitrogens is 1. The summed E-state index contributed by atoms with van der Waals surface area (Å²) in [7, 11) is 1.53. The van der Waals surface area contributed by atoms with Crippen LogP contribution in [0.4, 0.5) is 0 Å². The number of methoxy groups -OCH3 is 1. The number of carbonyl (C=O) groups is 2. The molecule has 1 amide bonds. The monoisotopic (exact) mass is 266 g/mol. The fourth-order valence-electron chi connectivity index (χ4n) is 1.43. The molecule has 0 aromatic carbocycles. The van der Waals surface area contributed by atoms with Crippen LogP contribution in [0.2, 0.25) is 0 Å². The van der Waals surface area contributed by atoms with Gasteiger partial charge in [0.05, 0.1) is 13.0 Å². The summed E-state index contributed by atoms with van der Waals surface area (Å²) in [6.07, 6.45) is 1.60. The van der Waals surface area contributed by atoms with Gasteiger partial charge in [0.2, 0.25) is 11.8 Å². The van der Waals surface area contributed by atoms with Crippen molar-refractivity contribution in [2.75, 3.05) is 7.11 Å². The van der Waals surface area contributed by atoms with Gasteiger partial charge >= 0.3 is 5.97 Å². The molecule has 0 bridgehead atoms. The molecule has 6 nitrogen and oxygen atoms in total. The van der Waals surface area contributed by atoms with Crippen molar-refractivity contribution in [3.05, 3.63) is 23.9 Å². The van der Waals surface area contributed by atoms with Crippen molar-refractivity contribution in [1.29, 1.82) is 0 Å². The van der Waals surface area contributed by atoms with Gasteiger partial charge in [-0.2, -0.15) is 0 Å². The third-order valence-corrected chi connectivity index (χ3v) is 3.03. The first-order valence-corrected chi connectivity index (χ1v) is 5.95. The van der Waals surface area contributed by atoms with E-state index in [0.29, 0.717) is 12.4 Å². The van der Waals surface area contributed by atoms with Crippen molar-refractivity contribution in [2.45, 2.75) is 20.4 Å². The molecule has 1 heterocycles. The number of ether oxygens (including phenoxy) is 1. The Bertz CT molecular complexity index is 444. The number of carboxylic acid groups (broad SMARTS) is 1. The van der Waals surface area contributed by atoms with Gasteiger partial charge in [-0.05, 0) is 5.56 Å². The van der Waals surface area contributed by atoms with Gasteiger partial charge in [-0.15, -0.1) is 0 Å². The van der Waals surface area contributed by atoms with Crippen molar-refractivity contribution >= 4 is 11.9 Å². The van der Waals surface area contributed by atoms with Crippen molar-refractivity contribution in [2.24, 2.45) is 11.8 Å². The first-order chi connectivity index (χ1) is 8.95. The zero-order valence-electron chi connectivity index (χ0n) is 11.2. The lowest BCUT2D eigenvalue weighted by atomic mass is 9.95. The summed E-state index contributed by atoms with van der Waals surface area (Å²) in [5, 5.41) is 11.5. The smallest absolute Gasteiger partial charge is 0.307 e. The van der Waals surface area contributed by atoms with Gasteiger partial charge in [-0.1, -0.05) is 19.9 Å². The number of pyridine rings is 1. The van der Waals surface area contributed by atoms with E-state index in [1.54, 1.807) is 25.3 Å². The highest BCUT2D eigenvalue weighted by atomic mass is 16.5. The predicted octanol–water partition coefficient (Wildman–Crippen LogP) is 1.06. The van der Waals surface area contributed by atoms with E-state index in [1.165, 1.54) is 14.0 Å². The second-order valence-electron chi connectivity index (χ2n) is 4.34. The molecule has 6 heteroatoms. The Morgan fingerprint density at radius 2 is 2.05 bits per heavy atom. The van der Waals surface area contributed by atoms with Gasteiger partial charge in [0.15, 0.2) is 0 Å². The Hall–Kier alpha value is -2.11. The summed E-state index contributed by atoms with van der Waals surface area (Å²) >= 11 is 0. The van der Waals surface area contributed by atoms with Crippen molar-refractivity contribution in [3.8, 4) is 5.88 Å². The van der Waals surface area contributed by atoms with Crippen molar-refractivity contribution in [3.63, 3.8) is 0 Å². The summed E-state index contributed by atoms with van der Waals surface area (Å²) in [6, 6.07) is 3.49. The molecule has 2 atom stereocenters. The van der Waals surface area contributed by atoms with Gasteiger partial charge in [-0.3, -0.25) is 9.59 Å². The zero-order chi connectivity index (χ0) is 14.4. The Balaban J connectivity index is 2.51. The van der Waals surface area contributed by atoms with Crippen LogP contribution in [0.25, 0.3) is 0 Å². The highest BCUT2D eigenvalue weighted by Gasteiger charge is 2.25. The van der Waals surface area contributed by atoms with Crippen LogP contribution < -0.4 is 10.1 Å². The molecule has 0 aliphatic heterocycles. The lowest BCUT2D eigenvalue weighted by Crippen LogP contribution is -2.34. The lowest BCUT2D eigenvalue weighted by Gasteiger charge is -2.15. The summed E-state index contributed by atoms with van der Waals surface area (Å²) in [6.45, 7) is 3.43. The maximum absolute atomic E-state index is 11.8. The largest absolute Gasteiger partial charge is 0.481 e. The number of aliphatic carboxylic acids is 1. The number of hydrogen-bond donors (Lipinski definition) is 2. The zero-order valence-corrected chi connectivity index (χ0v) is 11.2. The van der Waals surface area contributed by atoms with Crippen LogP contribution in [0.3, 0.4) is 0 Å². The van der Waals surface area contributed by atoms with Gasteiger partial charge in [0.1, 0.15) is 0 Å². The molecule has 2 unspecified atom stereocenters. The van der Waals surface area contributed by atoms with E-state index in [1.807, 2.05) is 0 Å². The van der Waals surface area contributed by atoms with E-state index >= 15 is 0 Å². The van der Waals surface area contributed by atoms with Crippen LogP contribution in [-0.2, 0) is 16.1 Å². The molecular formula is C13H18N2O4. The molecular weight excluding hydrogens is 248 g/mol. The highest BCUT2D eigenvalue weighted by molar-refractivity contribution is 5.84. The number of hydrogen-bond acceptors (Lipinski definition) is 4. The molecule has 0 aliphatic rings. The minimum atomic E-state index is -0.978. The van der Waals surface area contributed by atoms with Crippen LogP contribution in [0.1, 0.15) is 19.4 Å². The summed E-state index contributed by atoms with van der Waals surface area (Å²) in [4.78, 5) is 26.6. The van der Waals surface area contributed by atoms with Gasteiger partial charge < -0.3 is 15.2 Å². The Labute approximate surface area is 111 Å². The first-order valence-electron chi connectivity index (χ1n) is 5.95. The van der Waals surface area contributed by atoms with Crippen molar-refractivity contribution in [1.82, 2.24) is 10.3 Å². The van der Waals surface area contributed by atoms with E-state index in [0.717, 1.165) is 5.56 Å². The van der Waals surface area contributed by atoms with Crippen molar-refractivity contribution < 1.29 is 19.4 Å². The quantitative estimate of drug-likeness (QED) is 0.803. The SMILES string of the molecule is COc1ccc(CNC(=O)C(C)C(C)C(=O)O)cn1. The average Bonchev–Trinajstić information content (AvgIpc) is 2.43. The van der Waals surface area contributed by atoms with Gasteiger partial charge in [0.25, 0.3) is 0 Å². The predicted molar refractivity (Wildman–Crippen MR) is 68.6 cm³/mol. The third-order valence-electron chi connectivity index (χ3n) is 3.03. The van der Waals surface area contributed by atoms with E-state index in [2.05, 4.69) is 10.3 Å². The fraction of sp³-hybridized carbons (Fsp3) is 0.462. The molecule has 1 rings (SSSR count). The summed E-state index contributed by atoms with van der Waals surface area (Å²) in [5.74, 6) is -2.06. The molecule has 0 fully saturated rings. The van der Waals surface area contributed by atoms with Crippen LogP contribution in [-0.4, -0.2) is 29.1 Å². The van der Waals surface area contributed by atoms with E-state index in [-0.39, 0.29) is 5.91 Å². The molecule has 0 saturated heterocycles. The second kappa shape index (κ2) is 6.72. The Morgan fingerprint density at radius 3 is 2.53 bits per heavy atom. The maximum Gasteiger partial charge on any atom is 0.307 e. The number of amides is 1. The van der Waals surface area contributed by atoms with Crippen LogP contribution in [0.5, 0.6) is 5.88 Å². The normalized spacial score (nSPS) is 13.4. The summed E-state index contributed by atoms with van der Waals surface area (Å²) < 4.78 is 4.93. The standard InChI is InChI=1S/C13H18N2O4/c1-8(9(2)13(17)18)12(16)15-7-10-4-5-11(19-3)14-6-10/h4-6,8-9H,7H2,1-3H3,(H,15,16)(H,17,18). The highest BCUT2D eigenvalue weighted by Crippen LogP contribution is 2.12. The van der Waals surface area contributed by atoms with Crippen LogP contribution in [0.15, 0.2) is 18.3 Å². The molecule has 0 saturated carbocycles. The molecule has 19 heavy (non-hydrogen) atoms. The minimum absolute atomic E-state index is 0.286. The van der Waals surface area contributed by atoms with Gasteiger partial charge in [-0.25, -0.2) is 4.98 Å². The third kappa shape index (κ3) is 4.24.